The van der Waals surface area contributed by atoms with Crippen LogP contribution in [-0.2, 0) is 4.79 Å². The molecule has 0 aromatic heterocycles. The van der Waals surface area contributed by atoms with Gasteiger partial charge in [-0.05, 0) is 25.7 Å². The molecule has 0 amide bonds. The summed E-state index contributed by atoms with van der Waals surface area (Å²) in [5.41, 5.74) is -0.108. The highest BCUT2D eigenvalue weighted by Gasteiger charge is 2.39. The number of hydrogen-bond donors (Lipinski definition) is 0. The van der Waals surface area contributed by atoms with Gasteiger partial charge in [-0.2, -0.15) is 0 Å². The first kappa shape index (κ1) is 9.32. The van der Waals surface area contributed by atoms with E-state index < -0.39 is 0 Å². The number of hydrogen-bond acceptors (Lipinski definition) is 1. The van der Waals surface area contributed by atoms with Gasteiger partial charge in [0.2, 0.25) is 0 Å². The first-order valence-electron chi connectivity index (χ1n) is 4.61. The zero-order chi connectivity index (χ0) is 9.03. The second-order valence-electron chi connectivity index (χ2n) is 3.75. The van der Waals surface area contributed by atoms with Crippen molar-refractivity contribution >= 4 is 6.29 Å². The normalized spacial score (nSPS) is 34.0. The van der Waals surface area contributed by atoms with Gasteiger partial charge in [-0.15, -0.1) is 11.8 Å². The lowest BCUT2D eigenvalue weighted by atomic mass is 9.77. The third kappa shape index (κ3) is 1.53. The highest BCUT2D eigenvalue weighted by Crippen LogP contribution is 2.43. The first-order valence-corrected chi connectivity index (χ1v) is 4.61. The van der Waals surface area contributed by atoms with Crippen LogP contribution in [0.25, 0.3) is 0 Å². The summed E-state index contributed by atoms with van der Waals surface area (Å²) in [5.74, 6) is 6.42. The van der Waals surface area contributed by atoms with Crippen molar-refractivity contribution in [2.45, 2.75) is 39.5 Å². The van der Waals surface area contributed by atoms with E-state index in [9.17, 15) is 4.79 Å². The molecule has 12 heavy (non-hydrogen) atoms. The number of rotatable bonds is 2. The van der Waals surface area contributed by atoms with Gasteiger partial charge < -0.3 is 4.79 Å². The maximum atomic E-state index is 11.0. The Kier molecular flexibility index (Phi) is 2.92. The molecule has 1 nitrogen and oxygen atoms in total. The smallest absolute Gasteiger partial charge is 0.127 e. The van der Waals surface area contributed by atoms with Crippen LogP contribution in [0.4, 0.5) is 0 Å². The molecule has 1 rings (SSSR count). The lowest BCUT2D eigenvalue weighted by Crippen LogP contribution is -2.24. The molecule has 1 aliphatic rings. The van der Waals surface area contributed by atoms with E-state index in [-0.39, 0.29) is 5.41 Å². The second kappa shape index (κ2) is 3.76. The van der Waals surface area contributed by atoms with E-state index in [0.717, 1.165) is 19.1 Å². The van der Waals surface area contributed by atoms with Gasteiger partial charge in [0.15, 0.2) is 0 Å². The molecule has 1 saturated carbocycles. The summed E-state index contributed by atoms with van der Waals surface area (Å²) in [6.07, 6.45) is 5.30. The standard InChI is InChI=1S/C11H16O/c1-3-4-7-11(9-12)8-5-6-10(11)2/h9-10H,5-8H2,1-2H3. The van der Waals surface area contributed by atoms with Gasteiger partial charge in [0.1, 0.15) is 6.29 Å². The topological polar surface area (TPSA) is 17.1 Å². The molecule has 1 fully saturated rings. The maximum Gasteiger partial charge on any atom is 0.127 e. The summed E-state index contributed by atoms with van der Waals surface area (Å²) >= 11 is 0. The van der Waals surface area contributed by atoms with Crippen molar-refractivity contribution in [2.75, 3.05) is 0 Å². The minimum Gasteiger partial charge on any atom is -0.303 e. The van der Waals surface area contributed by atoms with Crippen LogP contribution in [0, 0.1) is 23.2 Å². The van der Waals surface area contributed by atoms with E-state index in [2.05, 4.69) is 18.8 Å². The van der Waals surface area contributed by atoms with Crippen LogP contribution >= 0.6 is 0 Å². The van der Waals surface area contributed by atoms with Gasteiger partial charge in [-0.3, -0.25) is 0 Å². The Bertz CT molecular complexity index is 221. The third-order valence-electron chi connectivity index (χ3n) is 3.09. The van der Waals surface area contributed by atoms with Crippen molar-refractivity contribution in [2.24, 2.45) is 11.3 Å². The largest absolute Gasteiger partial charge is 0.303 e. The fourth-order valence-corrected chi connectivity index (χ4v) is 2.00. The van der Waals surface area contributed by atoms with Crippen LogP contribution in [-0.4, -0.2) is 6.29 Å². The van der Waals surface area contributed by atoms with Crippen LogP contribution in [0.5, 0.6) is 0 Å². The zero-order valence-corrected chi connectivity index (χ0v) is 7.89. The monoisotopic (exact) mass is 164 g/mol. The molecule has 2 unspecified atom stereocenters. The average molecular weight is 164 g/mol. The molecule has 0 aliphatic heterocycles. The van der Waals surface area contributed by atoms with Gasteiger partial charge in [0.25, 0.3) is 0 Å². The fourth-order valence-electron chi connectivity index (χ4n) is 2.00. The van der Waals surface area contributed by atoms with Crippen molar-refractivity contribution in [1.29, 1.82) is 0 Å². The van der Waals surface area contributed by atoms with E-state index in [1.807, 2.05) is 6.92 Å². The van der Waals surface area contributed by atoms with Crippen molar-refractivity contribution in [1.82, 2.24) is 0 Å². The molecule has 1 aliphatic carbocycles. The highest BCUT2D eigenvalue weighted by atomic mass is 16.1. The van der Waals surface area contributed by atoms with E-state index in [1.165, 1.54) is 12.8 Å². The Balaban J connectivity index is 2.71. The SMILES string of the molecule is CC#CCC1(C=O)CCCC1C. The molecule has 0 saturated heterocycles. The Morgan fingerprint density at radius 1 is 1.67 bits per heavy atom. The van der Waals surface area contributed by atoms with Crippen LogP contribution in [0.15, 0.2) is 0 Å². The van der Waals surface area contributed by atoms with Gasteiger partial charge >= 0.3 is 0 Å². The predicted octanol–water partition coefficient (Wildman–Crippen LogP) is 2.41. The van der Waals surface area contributed by atoms with Crippen LogP contribution in [0.2, 0.25) is 0 Å². The van der Waals surface area contributed by atoms with Crippen molar-refractivity contribution in [3.63, 3.8) is 0 Å². The van der Waals surface area contributed by atoms with Gasteiger partial charge in [-0.1, -0.05) is 13.3 Å². The van der Waals surface area contributed by atoms with E-state index in [1.54, 1.807) is 0 Å². The number of carbonyl (C=O) groups excluding carboxylic acids is 1. The minimum atomic E-state index is -0.108. The lowest BCUT2D eigenvalue weighted by Gasteiger charge is -2.24. The van der Waals surface area contributed by atoms with Gasteiger partial charge in [0.05, 0.1) is 0 Å². The van der Waals surface area contributed by atoms with Crippen LogP contribution < -0.4 is 0 Å². The van der Waals surface area contributed by atoms with E-state index in [0.29, 0.717) is 5.92 Å². The molecular weight excluding hydrogens is 148 g/mol. The van der Waals surface area contributed by atoms with E-state index >= 15 is 0 Å². The number of carbonyl (C=O) groups is 1. The summed E-state index contributed by atoms with van der Waals surface area (Å²) in [7, 11) is 0. The van der Waals surface area contributed by atoms with Crippen molar-refractivity contribution < 1.29 is 4.79 Å². The number of aldehydes is 1. The molecule has 0 spiro atoms. The Labute approximate surface area is 74.5 Å². The molecule has 0 radical (unpaired) electrons. The molecule has 2 atom stereocenters. The first-order chi connectivity index (χ1) is 5.75. The third-order valence-corrected chi connectivity index (χ3v) is 3.09. The van der Waals surface area contributed by atoms with Gasteiger partial charge in [-0.25, -0.2) is 0 Å². The molecule has 0 aromatic rings. The molecule has 0 bridgehead atoms. The second-order valence-corrected chi connectivity index (χ2v) is 3.75. The molecular formula is C11H16O. The molecule has 0 heterocycles. The summed E-state index contributed by atoms with van der Waals surface area (Å²) in [6.45, 7) is 4.00. The Morgan fingerprint density at radius 2 is 2.42 bits per heavy atom. The van der Waals surface area contributed by atoms with Crippen LogP contribution in [0.3, 0.4) is 0 Å². The van der Waals surface area contributed by atoms with Gasteiger partial charge in [0, 0.05) is 11.8 Å². The summed E-state index contributed by atoms with van der Waals surface area (Å²) < 4.78 is 0. The fraction of sp³-hybridized carbons (Fsp3) is 0.727. The molecule has 0 aromatic carbocycles. The zero-order valence-electron chi connectivity index (χ0n) is 7.89. The molecule has 66 valence electrons. The van der Waals surface area contributed by atoms with Crippen molar-refractivity contribution in [3.8, 4) is 11.8 Å². The Morgan fingerprint density at radius 3 is 2.83 bits per heavy atom. The lowest BCUT2D eigenvalue weighted by molar-refractivity contribution is -0.117. The maximum absolute atomic E-state index is 11.0. The van der Waals surface area contributed by atoms with Crippen LogP contribution in [0.1, 0.15) is 39.5 Å². The minimum absolute atomic E-state index is 0.108. The summed E-state index contributed by atoms with van der Waals surface area (Å²) in [6, 6.07) is 0. The van der Waals surface area contributed by atoms with E-state index in [4.69, 9.17) is 0 Å². The summed E-state index contributed by atoms with van der Waals surface area (Å²) in [4.78, 5) is 11.0. The summed E-state index contributed by atoms with van der Waals surface area (Å²) in [5, 5.41) is 0. The molecule has 0 N–H and O–H groups in total. The average Bonchev–Trinajstić information content (AvgIpc) is 2.45. The van der Waals surface area contributed by atoms with Crippen molar-refractivity contribution in [3.05, 3.63) is 0 Å². The quantitative estimate of drug-likeness (QED) is 0.452. The highest BCUT2D eigenvalue weighted by molar-refractivity contribution is 5.61. The molecule has 1 heteroatoms. The Hall–Kier alpha value is -0.770. The predicted molar refractivity (Wildman–Crippen MR) is 49.6 cm³/mol.